The van der Waals surface area contributed by atoms with Crippen molar-refractivity contribution in [1.82, 2.24) is 4.31 Å². The van der Waals surface area contributed by atoms with Crippen LogP contribution in [-0.4, -0.2) is 32.9 Å². The van der Waals surface area contributed by atoms with E-state index in [2.05, 4.69) is 15.9 Å². The summed E-state index contributed by atoms with van der Waals surface area (Å²) in [4.78, 5) is 0.0962. The van der Waals surface area contributed by atoms with Crippen LogP contribution in [0.4, 0.5) is 0 Å². The van der Waals surface area contributed by atoms with Gasteiger partial charge in [-0.25, -0.2) is 12.7 Å². The molecule has 19 heavy (non-hydrogen) atoms. The van der Waals surface area contributed by atoms with Crippen molar-refractivity contribution < 1.29 is 8.42 Å². The minimum Gasteiger partial charge on any atom is -0.330 e. The molecule has 0 fully saturated rings. The molecule has 4 nitrogen and oxygen atoms in total. The SMILES string of the molecule is CN(CC(C)(C)CN)S(=O)(=O)c1cc(Br)ccc1Cl. The summed E-state index contributed by atoms with van der Waals surface area (Å²) >= 11 is 9.23. The van der Waals surface area contributed by atoms with Gasteiger partial charge in [0.25, 0.3) is 0 Å². The van der Waals surface area contributed by atoms with Crippen molar-refractivity contribution in [3.8, 4) is 0 Å². The second kappa shape index (κ2) is 6.10. The molecule has 0 aliphatic carbocycles. The van der Waals surface area contributed by atoms with E-state index in [-0.39, 0.29) is 15.3 Å². The van der Waals surface area contributed by atoms with Crippen LogP contribution in [0.5, 0.6) is 0 Å². The van der Waals surface area contributed by atoms with Gasteiger partial charge in [-0.15, -0.1) is 0 Å². The fourth-order valence-corrected chi connectivity index (χ4v) is 3.96. The first-order valence-corrected chi connectivity index (χ1v) is 8.33. The molecule has 0 saturated carbocycles. The van der Waals surface area contributed by atoms with Crippen molar-refractivity contribution in [2.24, 2.45) is 11.1 Å². The number of hydrogen-bond donors (Lipinski definition) is 1. The summed E-state index contributed by atoms with van der Waals surface area (Å²) in [5, 5.41) is 0.209. The minimum atomic E-state index is -3.62. The van der Waals surface area contributed by atoms with Gasteiger partial charge in [0.2, 0.25) is 10.0 Å². The molecule has 2 N–H and O–H groups in total. The highest BCUT2D eigenvalue weighted by atomic mass is 79.9. The number of sulfonamides is 1. The molecule has 0 radical (unpaired) electrons. The van der Waals surface area contributed by atoms with Gasteiger partial charge in [-0.2, -0.15) is 0 Å². The van der Waals surface area contributed by atoms with Gasteiger partial charge in [0, 0.05) is 18.1 Å². The second-order valence-corrected chi connectivity index (χ2v) is 8.54. The van der Waals surface area contributed by atoms with Crippen LogP contribution in [0.25, 0.3) is 0 Å². The maximum atomic E-state index is 12.5. The Morgan fingerprint density at radius 1 is 1.42 bits per heavy atom. The van der Waals surface area contributed by atoms with Gasteiger partial charge >= 0.3 is 0 Å². The number of halogens is 2. The number of hydrogen-bond acceptors (Lipinski definition) is 3. The van der Waals surface area contributed by atoms with Gasteiger partial charge in [-0.05, 0) is 30.2 Å². The summed E-state index contributed by atoms with van der Waals surface area (Å²) in [5.74, 6) is 0. The van der Waals surface area contributed by atoms with Crippen LogP contribution in [-0.2, 0) is 10.0 Å². The van der Waals surface area contributed by atoms with E-state index < -0.39 is 10.0 Å². The van der Waals surface area contributed by atoms with Crippen molar-refractivity contribution in [1.29, 1.82) is 0 Å². The quantitative estimate of drug-likeness (QED) is 0.868. The Morgan fingerprint density at radius 3 is 2.53 bits per heavy atom. The second-order valence-electron chi connectivity index (χ2n) is 5.20. The first-order chi connectivity index (χ1) is 8.60. The van der Waals surface area contributed by atoms with Crippen molar-refractivity contribution in [3.63, 3.8) is 0 Å². The van der Waals surface area contributed by atoms with Crippen LogP contribution in [0.1, 0.15) is 13.8 Å². The molecule has 0 atom stereocenters. The average molecular weight is 370 g/mol. The van der Waals surface area contributed by atoms with Gasteiger partial charge in [0.15, 0.2) is 0 Å². The van der Waals surface area contributed by atoms with E-state index in [0.29, 0.717) is 17.6 Å². The topological polar surface area (TPSA) is 63.4 Å². The molecule has 1 aromatic rings. The predicted molar refractivity (Wildman–Crippen MR) is 81.8 cm³/mol. The number of nitrogens with two attached hydrogens (primary N) is 1. The third-order valence-corrected chi connectivity index (χ3v) is 5.56. The Bertz CT molecular complexity index is 561. The lowest BCUT2D eigenvalue weighted by molar-refractivity contribution is 0.292. The zero-order valence-corrected chi connectivity index (χ0v) is 14.3. The fraction of sp³-hybridized carbons (Fsp3) is 0.500. The summed E-state index contributed by atoms with van der Waals surface area (Å²) in [6.45, 7) is 4.57. The Kier molecular flexibility index (Phi) is 5.43. The summed E-state index contributed by atoms with van der Waals surface area (Å²) in [6.07, 6.45) is 0. The average Bonchev–Trinajstić information content (AvgIpc) is 2.31. The van der Waals surface area contributed by atoms with Crippen LogP contribution in [0.3, 0.4) is 0 Å². The number of rotatable bonds is 5. The van der Waals surface area contributed by atoms with E-state index in [1.807, 2.05) is 13.8 Å². The maximum Gasteiger partial charge on any atom is 0.244 e. The highest BCUT2D eigenvalue weighted by molar-refractivity contribution is 9.10. The first-order valence-electron chi connectivity index (χ1n) is 5.71. The molecule has 0 amide bonds. The molecule has 1 aromatic carbocycles. The Hall–Kier alpha value is -0.140. The smallest absolute Gasteiger partial charge is 0.244 e. The molecular weight excluding hydrogens is 352 g/mol. The summed E-state index contributed by atoms with van der Waals surface area (Å²) in [5.41, 5.74) is 5.34. The first kappa shape index (κ1) is 16.9. The highest BCUT2D eigenvalue weighted by Crippen LogP contribution is 2.28. The van der Waals surface area contributed by atoms with Gasteiger partial charge in [-0.1, -0.05) is 41.4 Å². The molecule has 0 aliphatic heterocycles. The molecule has 0 spiro atoms. The van der Waals surface area contributed by atoms with E-state index in [1.54, 1.807) is 12.1 Å². The predicted octanol–water partition coefficient (Wildman–Crippen LogP) is 2.71. The number of nitrogens with zero attached hydrogens (tertiary/aromatic N) is 1. The Labute approximate surface area is 128 Å². The maximum absolute atomic E-state index is 12.5. The third kappa shape index (κ3) is 4.16. The standard InChI is InChI=1S/C12H18BrClN2O2S/c1-12(2,7-15)8-16(3)19(17,18)11-6-9(13)4-5-10(11)14/h4-6H,7-8,15H2,1-3H3. The molecule has 0 aromatic heterocycles. The van der Waals surface area contributed by atoms with Crippen LogP contribution in [0, 0.1) is 5.41 Å². The van der Waals surface area contributed by atoms with Crippen LogP contribution >= 0.6 is 27.5 Å². The molecule has 7 heteroatoms. The third-order valence-electron chi connectivity index (χ3n) is 2.78. The van der Waals surface area contributed by atoms with E-state index in [4.69, 9.17) is 17.3 Å². The Morgan fingerprint density at radius 2 is 2.00 bits per heavy atom. The highest BCUT2D eigenvalue weighted by Gasteiger charge is 2.28. The van der Waals surface area contributed by atoms with Gasteiger partial charge < -0.3 is 5.73 Å². The van der Waals surface area contributed by atoms with Crippen molar-refractivity contribution in [2.45, 2.75) is 18.7 Å². The van der Waals surface area contributed by atoms with E-state index >= 15 is 0 Å². The zero-order chi connectivity index (χ0) is 14.8. The molecule has 0 heterocycles. The molecule has 1 rings (SSSR count). The molecule has 108 valence electrons. The summed E-state index contributed by atoms with van der Waals surface area (Å²) < 4.78 is 26.9. The molecule has 0 aliphatic rings. The molecule has 0 saturated heterocycles. The van der Waals surface area contributed by atoms with E-state index in [1.165, 1.54) is 17.4 Å². The lowest BCUT2D eigenvalue weighted by atomic mass is 9.94. The normalized spacial score (nSPS) is 13.0. The fourth-order valence-electron chi connectivity index (χ4n) is 1.60. The van der Waals surface area contributed by atoms with Crippen LogP contribution in [0.2, 0.25) is 5.02 Å². The lowest BCUT2D eigenvalue weighted by Gasteiger charge is -2.28. The van der Waals surface area contributed by atoms with E-state index in [0.717, 1.165) is 0 Å². The van der Waals surface area contributed by atoms with Crippen molar-refractivity contribution in [2.75, 3.05) is 20.1 Å². The zero-order valence-electron chi connectivity index (χ0n) is 11.2. The van der Waals surface area contributed by atoms with Crippen molar-refractivity contribution in [3.05, 3.63) is 27.7 Å². The molecule has 0 bridgehead atoms. The minimum absolute atomic E-state index is 0.0962. The summed E-state index contributed by atoms with van der Waals surface area (Å²) in [6, 6.07) is 4.76. The summed E-state index contributed by atoms with van der Waals surface area (Å²) in [7, 11) is -2.09. The Balaban J connectivity index is 3.14. The van der Waals surface area contributed by atoms with Gasteiger partial charge in [0.05, 0.1) is 5.02 Å². The largest absolute Gasteiger partial charge is 0.330 e. The molecule has 0 unspecified atom stereocenters. The van der Waals surface area contributed by atoms with E-state index in [9.17, 15) is 8.42 Å². The molecular formula is C12H18BrClN2O2S. The van der Waals surface area contributed by atoms with Crippen molar-refractivity contribution >= 4 is 37.6 Å². The van der Waals surface area contributed by atoms with Gasteiger partial charge in [0.1, 0.15) is 4.90 Å². The lowest BCUT2D eigenvalue weighted by Crippen LogP contribution is -2.39. The van der Waals surface area contributed by atoms with Crippen LogP contribution < -0.4 is 5.73 Å². The number of benzene rings is 1. The monoisotopic (exact) mass is 368 g/mol. The van der Waals surface area contributed by atoms with Gasteiger partial charge in [-0.3, -0.25) is 0 Å². The van der Waals surface area contributed by atoms with Crippen LogP contribution in [0.15, 0.2) is 27.6 Å².